The topological polar surface area (TPSA) is 46.2 Å². The normalized spacial score (nSPS) is 15.3. The molecule has 0 spiro atoms. The summed E-state index contributed by atoms with van der Waals surface area (Å²) in [6, 6.07) is 27.0. The summed E-state index contributed by atoms with van der Waals surface area (Å²) < 4.78 is 0. The molecule has 0 aliphatic carbocycles. The highest BCUT2D eigenvalue weighted by Crippen LogP contribution is 2.45. The molecular weight excluding hydrogens is 514 g/mol. The Morgan fingerprint density at radius 3 is 1.74 bits per heavy atom. The quantitative estimate of drug-likeness (QED) is 0.232. The number of hydrogen-bond donors (Lipinski definition) is 2. The van der Waals surface area contributed by atoms with Crippen LogP contribution in [0.1, 0.15) is 85.8 Å². The van der Waals surface area contributed by atoms with Crippen LogP contribution in [0, 0.1) is 17.3 Å². The van der Waals surface area contributed by atoms with Crippen molar-refractivity contribution in [3.8, 4) is 0 Å². The number of benzene rings is 3. The molecule has 0 amide bonds. The lowest BCUT2D eigenvalue weighted by Crippen LogP contribution is -2.65. The molecule has 39 heavy (non-hydrogen) atoms. The van der Waals surface area contributed by atoms with E-state index in [-0.39, 0.29) is 16.4 Å². The van der Waals surface area contributed by atoms with Gasteiger partial charge in [0.2, 0.25) is 0 Å². The molecule has 0 aromatic heterocycles. The van der Waals surface area contributed by atoms with Crippen LogP contribution in [0.15, 0.2) is 78.9 Å². The van der Waals surface area contributed by atoms with E-state index < -0.39 is 13.9 Å². The van der Waals surface area contributed by atoms with Gasteiger partial charge in [-0.2, -0.15) is 0 Å². The molecule has 0 saturated carbocycles. The third-order valence-electron chi connectivity index (χ3n) is 8.84. The molecule has 3 aromatic carbocycles. The summed E-state index contributed by atoms with van der Waals surface area (Å²) in [6.07, 6.45) is 3.84. The molecule has 3 rings (SSSR count). The van der Waals surface area contributed by atoms with Gasteiger partial charge in [-0.1, -0.05) is 133 Å². The van der Waals surface area contributed by atoms with E-state index in [2.05, 4.69) is 97.9 Å². The zero-order valence-corrected chi connectivity index (χ0v) is 27.1. The Labute approximate surface area is 244 Å². The van der Waals surface area contributed by atoms with E-state index in [0.717, 1.165) is 46.6 Å². The third kappa shape index (κ3) is 7.24. The standard InChI is InChI=1S/C35H50ClNOSi/c1-26(2)31(35(8,37)28-20-19-27(32(36)25-28)21-23-33(3,4)5)22-24-34(6,7)39(38,29-15-11-9-12-16-29)30-17-13-10-14-18-30/h9-20,25-26,31,38H,21-24,37H2,1-8H3/t31?,35-/m0/s1. The van der Waals surface area contributed by atoms with E-state index in [9.17, 15) is 4.80 Å². The third-order valence-corrected chi connectivity index (χ3v) is 13.7. The molecule has 1 unspecified atom stereocenters. The second kappa shape index (κ2) is 12.3. The van der Waals surface area contributed by atoms with Crippen molar-refractivity contribution >= 4 is 30.3 Å². The minimum atomic E-state index is -3.07. The number of rotatable bonds is 11. The molecule has 0 aliphatic heterocycles. The zero-order valence-electron chi connectivity index (χ0n) is 25.4. The first-order chi connectivity index (χ1) is 18.1. The summed E-state index contributed by atoms with van der Waals surface area (Å²) >= 11 is 6.81. The van der Waals surface area contributed by atoms with Gasteiger partial charge in [0.1, 0.15) is 0 Å². The fourth-order valence-electron chi connectivity index (χ4n) is 6.14. The smallest absolute Gasteiger partial charge is 0.258 e. The van der Waals surface area contributed by atoms with Crippen molar-refractivity contribution in [1.82, 2.24) is 0 Å². The van der Waals surface area contributed by atoms with Crippen molar-refractivity contribution in [2.24, 2.45) is 23.0 Å². The van der Waals surface area contributed by atoms with Crippen LogP contribution in [0.3, 0.4) is 0 Å². The molecule has 0 aliphatic rings. The largest absolute Gasteiger partial charge is 0.424 e. The maximum Gasteiger partial charge on any atom is 0.258 e. The number of halogens is 1. The van der Waals surface area contributed by atoms with Crippen LogP contribution in [0.5, 0.6) is 0 Å². The van der Waals surface area contributed by atoms with Gasteiger partial charge in [-0.3, -0.25) is 0 Å². The Morgan fingerprint density at radius 1 is 0.795 bits per heavy atom. The number of aryl methyl sites for hydroxylation is 1. The van der Waals surface area contributed by atoms with Crippen LogP contribution >= 0.6 is 11.6 Å². The summed E-state index contributed by atoms with van der Waals surface area (Å²) in [6.45, 7) is 18.0. The monoisotopic (exact) mass is 563 g/mol. The summed E-state index contributed by atoms with van der Waals surface area (Å²) in [4.78, 5) is 12.6. The van der Waals surface area contributed by atoms with Crippen LogP contribution in [0.4, 0.5) is 0 Å². The maximum atomic E-state index is 12.6. The van der Waals surface area contributed by atoms with Crippen LogP contribution in [-0.2, 0) is 12.0 Å². The highest BCUT2D eigenvalue weighted by atomic mass is 35.5. The summed E-state index contributed by atoms with van der Waals surface area (Å²) in [7, 11) is -3.07. The minimum absolute atomic E-state index is 0.220. The van der Waals surface area contributed by atoms with E-state index in [1.54, 1.807) is 0 Å². The van der Waals surface area contributed by atoms with Gasteiger partial charge in [-0.25, -0.2) is 0 Å². The average molecular weight is 564 g/mol. The minimum Gasteiger partial charge on any atom is -0.424 e. The lowest BCUT2D eigenvalue weighted by atomic mass is 9.71. The summed E-state index contributed by atoms with van der Waals surface area (Å²) in [5, 5.41) is 2.60. The Kier molecular flexibility index (Phi) is 9.97. The molecule has 212 valence electrons. The Morgan fingerprint density at radius 2 is 1.31 bits per heavy atom. The Bertz CT molecular complexity index is 1160. The predicted molar refractivity (Wildman–Crippen MR) is 172 cm³/mol. The van der Waals surface area contributed by atoms with Gasteiger partial charge < -0.3 is 10.5 Å². The van der Waals surface area contributed by atoms with Gasteiger partial charge in [0.15, 0.2) is 0 Å². The van der Waals surface area contributed by atoms with Crippen molar-refractivity contribution in [3.05, 3.63) is 95.0 Å². The molecule has 0 fully saturated rings. The van der Waals surface area contributed by atoms with Crippen LogP contribution < -0.4 is 16.1 Å². The molecular formula is C35H50ClNOSi. The highest BCUT2D eigenvalue weighted by molar-refractivity contribution is 6.98. The van der Waals surface area contributed by atoms with Gasteiger partial charge in [0.05, 0.1) is 0 Å². The Hall–Kier alpha value is -1.91. The number of hydrogen-bond acceptors (Lipinski definition) is 2. The van der Waals surface area contributed by atoms with Crippen LogP contribution in [0.2, 0.25) is 10.1 Å². The van der Waals surface area contributed by atoms with E-state index in [1.165, 1.54) is 5.56 Å². The maximum absolute atomic E-state index is 12.6. The van der Waals surface area contributed by atoms with Crippen molar-refractivity contribution in [2.45, 2.75) is 91.7 Å². The van der Waals surface area contributed by atoms with E-state index in [1.807, 2.05) is 36.4 Å². The molecule has 3 N–H and O–H groups in total. The predicted octanol–water partition coefficient (Wildman–Crippen LogP) is 8.08. The molecule has 4 heteroatoms. The average Bonchev–Trinajstić information content (AvgIpc) is 2.87. The van der Waals surface area contributed by atoms with E-state index in [4.69, 9.17) is 17.3 Å². The lowest BCUT2D eigenvalue weighted by Gasteiger charge is -2.44. The number of nitrogens with two attached hydrogens (primary N) is 1. The first-order valence-electron chi connectivity index (χ1n) is 14.5. The summed E-state index contributed by atoms with van der Waals surface area (Å²) in [5.74, 6) is 0.594. The van der Waals surface area contributed by atoms with Crippen LogP contribution in [-0.4, -0.2) is 13.1 Å². The molecule has 0 saturated heterocycles. The SMILES string of the molecule is CC(C)C(CCC(C)(C)[Si](O)(c1ccccc1)c1ccccc1)[C@@](C)(N)c1ccc(CCC(C)(C)C)c(Cl)c1. The van der Waals surface area contributed by atoms with Crippen molar-refractivity contribution in [1.29, 1.82) is 0 Å². The molecule has 2 atom stereocenters. The highest BCUT2D eigenvalue weighted by Gasteiger charge is 2.50. The van der Waals surface area contributed by atoms with E-state index >= 15 is 0 Å². The fourth-order valence-corrected chi connectivity index (χ4v) is 10.2. The molecule has 0 heterocycles. The van der Waals surface area contributed by atoms with Gasteiger partial charge >= 0.3 is 0 Å². The lowest BCUT2D eigenvalue weighted by molar-refractivity contribution is 0.199. The van der Waals surface area contributed by atoms with Crippen LogP contribution in [0.25, 0.3) is 0 Å². The fraction of sp³-hybridized carbons (Fsp3) is 0.486. The molecule has 2 nitrogen and oxygen atoms in total. The van der Waals surface area contributed by atoms with Gasteiger partial charge in [-0.15, -0.1) is 0 Å². The van der Waals surface area contributed by atoms with E-state index in [0.29, 0.717) is 5.92 Å². The molecule has 0 radical (unpaired) electrons. The second-order valence-corrected chi connectivity index (χ2v) is 18.2. The first-order valence-corrected chi connectivity index (χ1v) is 16.8. The Balaban J connectivity index is 1.90. The van der Waals surface area contributed by atoms with Gasteiger partial charge in [-0.05, 0) is 82.5 Å². The second-order valence-electron chi connectivity index (χ2n) is 13.9. The zero-order chi connectivity index (χ0) is 29.1. The van der Waals surface area contributed by atoms with Gasteiger partial charge in [0.25, 0.3) is 8.32 Å². The molecule has 3 aromatic rings. The van der Waals surface area contributed by atoms with Crippen molar-refractivity contribution < 1.29 is 4.80 Å². The van der Waals surface area contributed by atoms with Crippen molar-refractivity contribution in [2.75, 3.05) is 0 Å². The van der Waals surface area contributed by atoms with Crippen molar-refractivity contribution in [3.63, 3.8) is 0 Å². The van der Waals surface area contributed by atoms with Gasteiger partial charge in [0, 0.05) is 10.6 Å². The first kappa shape index (κ1) is 31.6. The molecule has 0 bridgehead atoms. The summed E-state index contributed by atoms with van der Waals surface area (Å²) in [5.41, 5.74) is 9.19.